The van der Waals surface area contributed by atoms with Crippen molar-refractivity contribution >= 4 is 11.8 Å². The Morgan fingerprint density at radius 3 is 2.19 bits per heavy atom. The molecule has 0 saturated heterocycles. The number of hydrazine groups is 1. The largest absolute Gasteiger partial charge is 0.494 e. The van der Waals surface area contributed by atoms with Gasteiger partial charge in [0, 0.05) is 6.42 Å². The smallest absolute Gasteiger partial charge is 0.276 e. The van der Waals surface area contributed by atoms with Crippen molar-refractivity contribution in [3.8, 4) is 11.5 Å². The topological polar surface area (TPSA) is 76.7 Å². The number of aryl methyl sites for hydroxylation is 3. The number of carbonyl (C=O) groups is 2. The molecular formula is C21H26N2O4. The number of hydrogen-bond acceptors (Lipinski definition) is 4. The fraction of sp³-hybridized carbons (Fsp3) is 0.333. The Balaban J connectivity index is 1.59. The normalized spacial score (nSPS) is 10.2. The van der Waals surface area contributed by atoms with Crippen LogP contribution in [0.2, 0.25) is 0 Å². The lowest BCUT2D eigenvalue weighted by atomic mass is 10.1. The van der Waals surface area contributed by atoms with Crippen LogP contribution in [0.4, 0.5) is 0 Å². The van der Waals surface area contributed by atoms with Gasteiger partial charge in [-0.3, -0.25) is 20.4 Å². The molecule has 6 heteroatoms. The van der Waals surface area contributed by atoms with E-state index in [1.165, 1.54) is 0 Å². The van der Waals surface area contributed by atoms with Gasteiger partial charge < -0.3 is 9.47 Å². The van der Waals surface area contributed by atoms with Gasteiger partial charge in [0.25, 0.3) is 5.91 Å². The second-order valence-corrected chi connectivity index (χ2v) is 6.48. The number of hydrogen-bond donors (Lipinski definition) is 2. The monoisotopic (exact) mass is 370 g/mol. The summed E-state index contributed by atoms with van der Waals surface area (Å²) in [7, 11) is 0. The van der Waals surface area contributed by atoms with E-state index in [1.54, 1.807) is 0 Å². The average Bonchev–Trinajstić information content (AvgIpc) is 2.61. The zero-order valence-electron chi connectivity index (χ0n) is 16.0. The van der Waals surface area contributed by atoms with Crippen LogP contribution in [0.1, 0.15) is 29.5 Å². The molecule has 2 rings (SSSR count). The Bertz CT molecular complexity index is 769. The highest BCUT2D eigenvalue weighted by molar-refractivity contribution is 5.82. The zero-order chi connectivity index (χ0) is 19.6. The van der Waals surface area contributed by atoms with Crippen molar-refractivity contribution in [1.29, 1.82) is 0 Å². The number of nitrogens with one attached hydrogen (secondary N) is 2. The van der Waals surface area contributed by atoms with E-state index in [4.69, 9.17) is 9.47 Å². The second-order valence-electron chi connectivity index (χ2n) is 6.48. The van der Waals surface area contributed by atoms with Crippen molar-refractivity contribution in [2.45, 2.75) is 33.6 Å². The maximum atomic E-state index is 11.8. The van der Waals surface area contributed by atoms with Gasteiger partial charge >= 0.3 is 0 Å². The summed E-state index contributed by atoms with van der Waals surface area (Å²) >= 11 is 0. The first kappa shape index (κ1) is 20.3. The summed E-state index contributed by atoms with van der Waals surface area (Å²) in [4.78, 5) is 23.5. The molecule has 0 aliphatic heterocycles. The number of amides is 2. The van der Waals surface area contributed by atoms with Crippen LogP contribution in [-0.4, -0.2) is 25.0 Å². The minimum atomic E-state index is -0.418. The molecule has 0 radical (unpaired) electrons. The SMILES string of the molecule is Cc1cccc(OCCCC(=O)NNC(=O)COc2cc(C)cc(C)c2)c1. The molecule has 6 nitrogen and oxygen atoms in total. The molecule has 0 heterocycles. The van der Waals surface area contributed by atoms with Crippen LogP contribution in [-0.2, 0) is 9.59 Å². The van der Waals surface area contributed by atoms with Crippen molar-refractivity contribution in [2.24, 2.45) is 0 Å². The van der Waals surface area contributed by atoms with Gasteiger partial charge in [-0.1, -0.05) is 18.2 Å². The molecule has 2 aromatic rings. The van der Waals surface area contributed by atoms with Gasteiger partial charge in [-0.2, -0.15) is 0 Å². The van der Waals surface area contributed by atoms with Crippen LogP contribution >= 0.6 is 0 Å². The molecule has 2 aromatic carbocycles. The van der Waals surface area contributed by atoms with Crippen molar-refractivity contribution in [3.63, 3.8) is 0 Å². The highest BCUT2D eigenvalue weighted by Gasteiger charge is 2.06. The average molecular weight is 370 g/mol. The summed E-state index contributed by atoms with van der Waals surface area (Å²) in [5.74, 6) is 0.718. The molecule has 2 amide bonds. The number of rotatable bonds is 8. The van der Waals surface area contributed by atoms with Gasteiger partial charge in [-0.25, -0.2) is 0 Å². The summed E-state index contributed by atoms with van der Waals surface area (Å²) in [5.41, 5.74) is 7.96. The van der Waals surface area contributed by atoms with Crippen LogP contribution in [0.5, 0.6) is 11.5 Å². The summed E-state index contributed by atoms with van der Waals surface area (Å²) in [6, 6.07) is 13.5. The van der Waals surface area contributed by atoms with Crippen molar-refractivity contribution < 1.29 is 19.1 Å². The van der Waals surface area contributed by atoms with Gasteiger partial charge in [0.05, 0.1) is 6.61 Å². The first-order valence-electron chi connectivity index (χ1n) is 8.90. The van der Waals surface area contributed by atoms with Gasteiger partial charge in [-0.05, 0) is 68.1 Å². The van der Waals surface area contributed by atoms with E-state index in [0.717, 1.165) is 22.4 Å². The summed E-state index contributed by atoms with van der Waals surface area (Å²) in [5, 5.41) is 0. The van der Waals surface area contributed by atoms with Crippen molar-refractivity contribution in [1.82, 2.24) is 10.9 Å². The van der Waals surface area contributed by atoms with Gasteiger partial charge in [0.15, 0.2) is 6.61 Å². The molecule has 0 fully saturated rings. The van der Waals surface area contributed by atoms with E-state index in [2.05, 4.69) is 10.9 Å². The van der Waals surface area contributed by atoms with Crippen LogP contribution in [0.15, 0.2) is 42.5 Å². The lowest BCUT2D eigenvalue weighted by molar-refractivity contribution is -0.130. The van der Waals surface area contributed by atoms with Crippen LogP contribution in [0.25, 0.3) is 0 Å². The van der Waals surface area contributed by atoms with Crippen LogP contribution in [0, 0.1) is 20.8 Å². The molecule has 0 saturated carbocycles. The third-order valence-corrected chi connectivity index (χ3v) is 3.71. The fourth-order valence-corrected chi connectivity index (χ4v) is 2.53. The molecule has 27 heavy (non-hydrogen) atoms. The highest BCUT2D eigenvalue weighted by atomic mass is 16.5. The van der Waals surface area contributed by atoms with Crippen LogP contribution in [0.3, 0.4) is 0 Å². The summed E-state index contributed by atoms with van der Waals surface area (Å²) in [6.07, 6.45) is 0.804. The van der Waals surface area contributed by atoms with Gasteiger partial charge in [0.1, 0.15) is 11.5 Å². The summed E-state index contributed by atoms with van der Waals surface area (Å²) in [6.45, 7) is 6.18. The quantitative estimate of drug-likeness (QED) is 0.553. The molecule has 0 unspecified atom stereocenters. The van der Waals surface area contributed by atoms with E-state index in [9.17, 15) is 9.59 Å². The van der Waals surface area contributed by atoms with Gasteiger partial charge in [-0.15, -0.1) is 0 Å². The van der Waals surface area contributed by atoms with Crippen molar-refractivity contribution in [3.05, 3.63) is 59.2 Å². The predicted octanol–water partition coefficient (Wildman–Crippen LogP) is 3.00. The number of benzene rings is 2. The Morgan fingerprint density at radius 1 is 0.815 bits per heavy atom. The molecule has 0 aliphatic carbocycles. The fourth-order valence-electron chi connectivity index (χ4n) is 2.53. The zero-order valence-corrected chi connectivity index (χ0v) is 16.0. The lowest BCUT2D eigenvalue weighted by Crippen LogP contribution is -2.43. The standard InChI is InChI=1S/C21H26N2O4/c1-15-6-4-7-18(11-15)26-9-5-8-20(24)22-23-21(25)14-27-19-12-16(2)10-17(3)13-19/h4,6-7,10-13H,5,8-9,14H2,1-3H3,(H,22,24)(H,23,25). The second kappa shape index (κ2) is 10.2. The molecule has 0 bridgehead atoms. The van der Waals surface area contributed by atoms with Crippen molar-refractivity contribution in [2.75, 3.05) is 13.2 Å². The molecular weight excluding hydrogens is 344 g/mol. The molecule has 0 aromatic heterocycles. The third kappa shape index (κ3) is 7.81. The Hall–Kier alpha value is -3.02. The Kier molecular flexibility index (Phi) is 7.67. The van der Waals surface area contributed by atoms with E-state index in [1.807, 2.05) is 63.2 Å². The molecule has 144 valence electrons. The minimum Gasteiger partial charge on any atom is -0.494 e. The molecule has 0 spiro atoms. The first-order valence-corrected chi connectivity index (χ1v) is 8.90. The molecule has 2 N–H and O–H groups in total. The number of carbonyl (C=O) groups excluding carboxylic acids is 2. The Morgan fingerprint density at radius 2 is 1.48 bits per heavy atom. The van der Waals surface area contributed by atoms with E-state index < -0.39 is 5.91 Å². The van der Waals surface area contributed by atoms with E-state index >= 15 is 0 Å². The maximum absolute atomic E-state index is 11.8. The summed E-state index contributed by atoms with van der Waals surface area (Å²) < 4.78 is 11.0. The first-order chi connectivity index (χ1) is 12.9. The minimum absolute atomic E-state index is 0.167. The predicted molar refractivity (Wildman–Crippen MR) is 104 cm³/mol. The Labute approximate surface area is 159 Å². The third-order valence-electron chi connectivity index (χ3n) is 3.71. The molecule has 0 atom stereocenters. The lowest BCUT2D eigenvalue weighted by Gasteiger charge is -2.10. The van der Waals surface area contributed by atoms with E-state index in [-0.39, 0.29) is 18.9 Å². The van der Waals surface area contributed by atoms with Gasteiger partial charge in [0.2, 0.25) is 5.91 Å². The number of ether oxygens (including phenoxy) is 2. The maximum Gasteiger partial charge on any atom is 0.276 e. The van der Waals surface area contributed by atoms with E-state index in [0.29, 0.717) is 18.8 Å². The molecule has 0 aliphatic rings. The van der Waals surface area contributed by atoms with Crippen LogP contribution < -0.4 is 20.3 Å². The highest BCUT2D eigenvalue weighted by Crippen LogP contribution is 2.16.